The first-order valence-electron chi connectivity index (χ1n) is 3.43. The topological polar surface area (TPSA) is 129 Å². The molecule has 16 heavy (non-hydrogen) atoms. The van der Waals surface area contributed by atoms with Crippen molar-refractivity contribution in [1.29, 1.82) is 0 Å². The number of rotatable bonds is 1. The molecule has 0 amide bonds. The summed E-state index contributed by atoms with van der Waals surface area (Å²) >= 11 is 2.99. The summed E-state index contributed by atoms with van der Waals surface area (Å²) in [6, 6.07) is 6.06. The highest BCUT2D eigenvalue weighted by atomic mass is 79.9. The second-order valence-electron chi connectivity index (χ2n) is 2.35. The fourth-order valence-corrected chi connectivity index (χ4v) is 2.12. The maximum absolute atomic E-state index is 10.6. The van der Waals surface area contributed by atoms with Crippen LogP contribution in [-0.2, 0) is 20.5 Å². The van der Waals surface area contributed by atoms with Crippen LogP contribution in [-0.4, -0.2) is 30.5 Å². The van der Waals surface area contributed by atoms with Crippen LogP contribution in [0.5, 0.6) is 0 Å². The fraction of sp³-hybridized carbons (Fsp3) is 0. The van der Waals surface area contributed by atoms with E-state index in [-0.39, 0.29) is 4.90 Å². The molecule has 0 aliphatic heterocycles. The predicted octanol–water partition coefficient (Wildman–Crippen LogP) is 1.04. The molecule has 0 bridgehead atoms. The Labute approximate surface area is 101 Å². The first-order valence-corrected chi connectivity index (χ1v) is 7.06. The van der Waals surface area contributed by atoms with Gasteiger partial charge in [0.05, 0.1) is 0 Å². The van der Waals surface area contributed by atoms with Crippen LogP contribution in [0.25, 0.3) is 0 Å². The van der Waals surface area contributed by atoms with Crippen LogP contribution in [0.1, 0.15) is 0 Å². The zero-order valence-corrected chi connectivity index (χ0v) is 10.7. The lowest BCUT2D eigenvalue weighted by Gasteiger charge is -1.97. The minimum atomic E-state index is -4.67. The van der Waals surface area contributed by atoms with Gasteiger partial charge in [-0.15, -0.1) is 0 Å². The summed E-state index contributed by atoms with van der Waals surface area (Å²) in [5, 5.41) is 0. The van der Waals surface area contributed by atoms with Crippen LogP contribution in [0.3, 0.4) is 0 Å². The minimum Gasteiger partial charge on any atom is -0.282 e. The Balaban J connectivity index is 0.000000385. The monoisotopic (exact) mass is 334 g/mol. The van der Waals surface area contributed by atoms with Gasteiger partial charge in [-0.1, -0.05) is 12.1 Å². The molecule has 0 radical (unpaired) electrons. The van der Waals surface area contributed by atoms with Gasteiger partial charge < -0.3 is 0 Å². The van der Waals surface area contributed by atoms with E-state index >= 15 is 0 Å². The van der Waals surface area contributed by atoms with Gasteiger partial charge in [0.2, 0.25) is 0 Å². The van der Waals surface area contributed by atoms with E-state index in [1.807, 2.05) is 0 Å². The highest BCUT2D eigenvalue weighted by Gasteiger charge is 2.11. The van der Waals surface area contributed by atoms with Crippen LogP contribution in [0.15, 0.2) is 33.6 Å². The van der Waals surface area contributed by atoms with Crippen molar-refractivity contribution in [2.75, 3.05) is 0 Å². The van der Waals surface area contributed by atoms with E-state index in [1.54, 1.807) is 12.1 Å². The number of hydrogen-bond donors (Lipinski definition) is 3. The van der Waals surface area contributed by atoms with Crippen LogP contribution < -0.4 is 0 Å². The minimum absolute atomic E-state index is 0.111. The lowest BCUT2D eigenvalue weighted by atomic mass is 10.4. The van der Waals surface area contributed by atoms with Crippen LogP contribution in [0.4, 0.5) is 0 Å². The molecule has 3 N–H and O–H groups in total. The van der Waals surface area contributed by atoms with E-state index in [2.05, 4.69) is 15.9 Å². The number of halogens is 1. The highest BCUT2D eigenvalue weighted by Crippen LogP contribution is 2.20. The Morgan fingerprint density at radius 2 is 1.31 bits per heavy atom. The molecule has 7 nitrogen and oxygen atoms in total. The van der Waals surface area contributed by atoms with E-state index in [0.29, 0.717) is 4.47 Å². The second-order valence-corrected chi connectivity index (χ2v) is 5.49. The summed E-state index contributed by atoms with van der Waals surface area (Å²) < 4.78 is 61.7. The molecule has 0 heterocycles. The summed E-state index contributed by atoms with van der Waals surface area (Å²) in [5.74, 6) is 0. The Kier molecular flexibility index (Phi) is 5.52. The van der Waals surface area contributed by atoms with E-state index in [4.69, 9.17) is 22.1 Å². The molecule has 10 heteroatoms. The second kappa shape index (κ2) is 5.70. The molecule has 0 unspecified atom stereocenters. The van der Waals surface area contributed by atoms with Crippen molar-refractivity contribution in [3.05, 3.63) is 28.7 Å². The van der Waals surface area contributed by atoms with Gasteiger partial charge in [-0.05, 0) is 28.1 Å². The van der Waals surface area contributed by atoms with Gasteiger partial charge >= 0.3 is 10.4 Å². The third-order valence-electron chi connectivity index (χ3n) is 1.11. The average molecular weight is 335 g/mol. The maximum Gasteiger partial charge on any atom is 0.394 e. The van der Waals surface area contributed by atoms with Crippen molar-refractivity contribution in [2.24, 2.45) is 0 Å². The third-order valence-corrected chi connectivity index (χ3v) is 2.98. The van der Waals surface area contributed by atoms with Crippen LogP contribution >= 0.6 is 15.9 Å². The van der Waals surface area contributed by atoms with Crippen molar-refractivity contribution >= 4 is 36.4 Å². The van der Waals surface area contributed by atoms with Gasteiger partial charge in [0.25, 0.3) is 10.1 Å². The van der Waals surface area contributed by atoms with Gasteiger partial charge in [-0.25, -0.2) is 0 Å². The fourth-order valence-electron chi connectivity index (χ4n) is 0.654. The smallest absolute Gasteiger partial charge is 0.282 e. The molecule has 1 aromatic rings. The summed E-state index contributed by atoms with van der Waals surface area (Å²) in [6.45, 7) is 0. The molecule has 92 valence electrons. The molecule has 0 saturated carbocycles. The van der Waals surface area contributed by atoms with Crippen molar-refractivity contribution in [1.82, 2.24) is 0 Å². The number of hydrogen-bond acceptors (Lipinski definition) is 4. The zero-order valence-electron chi connectivity index (χ0n) is 7.48. The molecular weight excluding hydrogens is 328 g/mol. The van der Waals surface area contributed by atoms with E-state index < -0.39 is 20.5 Å². The van der Waals surface area contributed by atoms with Crippen molar-refractivity contribution in [2.45, 2.75) is 4.90 Å². The van der Waals surface area contributed by atoms with Gasteiger partial charge in [0, 0.05) is 4.47 Å². The summed E-state index contributed by atoms with van der Waals surface area (Å²) in [4.78, 5) is -0.111. The quantitative estimate of drug-likeness (QED) is 0.654. The Morgan fingerprint density at radius 3 is 1.56 bits per heavy atom. The third kappa shape index (κ3) is 7.73. The molecule has 0 saturated heterocycles. The van der Waals surface area contributed by atoms with Gasteiger partial charge in [-0.3, -0.25) is 13.7 Å². The lowest BCUT2D eigenvalue weighted by molar-refractivity contribution is 0.381. The lowest BCUT2D eigenvalue weighted by Crippen LogP contribution is -1.98. The molecule has 0 aliphatic rings. The molecule has 0 atom stereocenters. The van der Waals surface area contributed by atoms with Crippen LogP contribution in [0.2, 0.25) is 0 Å². The van der Waals surface area contributed by atoms with Gasteiger partial charge in [-0.2, -0.15) is 16.8 Å². The zero-order chi connectivity index (χ0) is 13.0. The summed E-state index contributed by atoms with van der Waals surface area (Å²) in [5.41, 5.74) is 0. The van der Waals surface area contributed by atoms with E-state index in [0.717, 1.165) is 0 Å². The van der Waals surface area contributed by atoms with Crippen molar-refractivity contribution in [3.63, 3.8) is 0 Å². The number of benzene rings is 1. The SMILES string of the molecule is O=S(=O)(O)O.O=S(=O)(O)c1ccccc1Br. The highest BCUT2D eigenvalue weighted by molar-refractivity contribution is 9.10. The molecule has 1 aromatic carbocycles. The van der Waals surface area contributed by atoms with Gasteiger partial charge in [0.15, 0.2) is 0 Å². The Hall–Kier alpha value is -0.520. The molecule has 0 fully saturated rings. The Bertz CT molecular complexity index is 540. The Morgan fingerprint density at radius 1 is 0.938 bits per heavy atom. The first-order chi connectivity index (χ1) is 7.02. The van der Waals surface area contributed by atoms with E-state index in [9.17, 15) is 8.42 Å². The average Bonchev–Trinajstić information content (AvgIpc) is 1.99. The van der Waals surface area contributed by atoms with E-state index in [1.165, 1.54) is 12.1 Å². The molecule has 0 aromatic heterocycles. The summed E-state index contributed by atoms with van der Waals surface area (Å²) in [7, 11) is -8.75. The largest absolute Gasteiger partial charge is 0.394 e. The van der Waals surface area contributed by atoms with Crippen LogP contribution in [0, 0.1) is 0 Å². The standard InChI is InChI=1S/C6H5BrO3S.H2O4S/c7-5-3-1-2-4-6(5)11(8,9)10;1-5(2,3)4/h1-4H,(H,8,9,10);(H2,1,2,3,4). The maximum atomic E-state index is 10.6. The molecule has 1 rings (SSSR count). The van der Waals surface area contributed by atoms with Gasteiger partial charge in [0.1, 0.15) is 4.90 Å². The molecule has 0 spiro atoms. The predicted molar refractivity (Wildman–Crippen MR) is 58.1 cm³/mol. The van der Waals surface area contributed by atoms with Crippen molar-refractivity contribution < 1.29 is 30.5 Å². The first kappa shape index (κ1) is 15.5. The normalized spacial score (nSPS) is 11.5. The molecule has 0 aliphatic carbocycles. The summed E-state index contributed by atoms with van der Waals surface area (Å²) in [6.07, 6.45) is 0. The van der Waals surface area contributed by atoms with Crippen molar-refractivity contribution in [3.8, 4) is 0 Å². The molecular formula is C6H7BrO7S2.